The fourth-order valence-electron chi connectivity index (χ4n) is 0.943. The molecule has 10 heavy (non-hydrogen) atoms. The van der Waals surface area contributed by atoms with Crippen molar-refractivity contribution < 1.29 is 0 Å². The topological polar surface area (TPSA) is 0 Å². The second-order valence-electron chi connectivity index (χ2n) is 3.02. The Morgan fingerprint density at radius 1 is 0.700 bits per heavy atom. The lowest BCUT2D eigenvalue weighted by atomic mass is 10.0. The fourth-order valence-corrected chi connectivity index (χ4v) is 0.943. The summed E-state index contributed by atoms with van der Waals surface area (Å²) >= 11 is 0. The van der Waals surface area contributed by atoms with E-state index in [1.165, 1.54) is 6.42 Å². The molecule has 0 heterocycles. The van der Waals surface area contributed by atoms with Crippen molar-refractivity contribution in [3.8, 4) is 0 Å². The third kappa shape index (κ3) is 24.5. The van der Waals surface area contributed by atoms with Crippen LogP contribution in [0.1, 0.15) is 56.4 Å². The fraction of sp³-hybridized carbons (Fsp3) is 1.00. The Labute approximate surface area is 69.0 Å². The molecule has 0 spiro atoms. The van der Waals surface area contributed by atoms with Gasteiger partial charge >= 0.3 is 0 Å². The van der Waals surface area contributed by atoms with E-state index in [0.717, 1.165) is 11.8 Å². The van der Waals surface area contributed by atoms with Gasteiger partial charge in [-0.25, -0.2) is 0 Å². The van der Waals surface area contributed by atoms with Crippen molar-refractivity contribution in [2.45, 2.75) is 56.4 Å². The van der Waals surface area contributed by atoms with Gasteiger partial charge in [0.25, 0.3) is 0 Å². The molecular formula is C10H28. The molecule has 0 aromatic rings. The highest BCUT2D eigenvalue weighted by Gasteiger charge is 1.95. The first-order chi connectivity index (χ1) is 3.13. The first-order valence-corrected chi connectivity index (χ1v) is 3.13. The van der Waals surface area contributed by atoms with Gasteiger partial charge in [0.1, 0.15) is 0 Å². The van der Waals surface area contributed by atoms with Crippen LogP contribution in [-0.2, 0) is 0 Å². The zero-order valence-corrected chi connectivity index (χ0v) is 5.86. The third-order valence-electron chi connectivity index (χ3n) is 0.943. The summed E-state index contributed by atoms with van der Waals surface area (Å²) in [7, 11) is 0. The van der Waals surface area contributed by atoms with Gasteiger partial charge < -0.3 is 0 Å². The first-order valence-electron chi connectivity index (χ1n) is 3.13. The largest absolute Gasteiger partial charge is 0.0776 e. The van der Waals surface area contributed by atoms with Crippen molar-refractivity contribution in [2.24, 2.45) is 11.8 Å². The van der Waals surface area contributed by atoms with Crippen LogP contribution in [-0.4, -0.2) is 0 Å². The first kappa shape index (κ1) is 22.5. The molecule has 68 valence electrons. The molecular weight excluding hydrogens is 120 g/mol. The summed E-state index contributed by atoms with van der Waals surface area (Å²) in [6.07, 6.45) is 1.36. The van der Waals surface area contributed by atoms with Crippen molar-refractivity contribution in [1.29, 1.82) is 0 Å². The molecule has 0 bridgehead atoms. The Kier molecular flexibility index (Phi) is 26.4. The lowest BCUT2D eigenvalue weighted by Gasteiger charge is -2.05. The molecule has 0 nitrogen and oxygen atoms in total. The molecule has 0 fully saturated rings. The van der Waals surface area contributed by atoms with E-state index >= 15 is 0 Å². The Balaban J connectivity index is -0.0000000600. The van der Waals surface area contributed by atoms with Crippen LogP contribution < -0.4 is 0 Å². The summed E-state index contributed by atoms with van der Waals surface area (Å²) in [6.45, 7) is 9.06. The number of hydrogen-bond acceptors (Lipinski definition) is 0. The highest BCUT2D eigenvalue weighted by atomic mass is 14.0. The highest BCUT2D eigenvalue weighted by molar-refractivity contribution is 4.47. The van der Waals surface area contributed by atoms with Crippen molar-refractivity contribution in [1.82, 2.24) is 0 Å². The normalized spacial score (nSPS) is 7.80. The molecule has 0 aliphatic heterocycles. The van der Waals surface area contributed by atoms with Crippen molar-refractivity contribution in [2.75, 3.05) is 0 Å². The van der Waals surface area contributed by atoms with Crippen LogP contribution in [0.2, 0.25) is 0 Å². The van der Waals surface area contributed by atoms with E-state index < -0.39 is 0 Å². The average molecular weight is 148 g/mol. The van der Waals surface area contributed by atoms with E-state index in [4.69, 9.17) is 0 Å². The van der Waals surface area contributed by atoms with E-state index in [1.807, 2.05) is 0 Å². The third-order valence-corrected chi connectivity index (χ3v) is 0.943. The predicted octanol–water partition coefficient (Wildman–Crippen LogP) is 4.60. The zero-order chi connectivity index (χ0) is 5.86. The predicted molar refractivity (Wildman–Crippen MR) is 54.5 cm³/mol. The minimum absolute atomic E-state index is 0. The quantitative estimate of drug-likeness (QED) is 0.537. The lowest BCUT2D eigenvalue weighted by Crippen LogP contribution is -1.93. The maximum atomic E-state index is 2.26. The van der Waals surface area contributed by atoms with Crippen LogP contribution in [0.25, 0.3) is 0 Å². The van der Waals surface area contributed by atoms with Crippen LogP contribution in [0.3, 0.4) is 0 Å². The van der Waals surface area contributed by atoms with Crippen molar-refractivity contribution in [3.63, 3.8) is 0 Å². The van der Waals surface area contributed by atoms with E-state index in [1.54, 1.807) is 0 Å². The Bertz CT molecular complexity index is 29.3. The summed E-state index contributed by atoms with van der Waals surface area (Å²) in [4.78, 5) is 0. The van der Waals surface area contributed by atoms with Gasteiger partial charge in [0.15, 0.2) is 0 Å². The second kappa shape index (κ2) is 11.8. The maximum absolute atomic E-state index is 2.26. The molecule has 0 saturated heterocycles. The standard InChI is InChI=1S/C7H16.3CH4/c1-6(2)5-7(3)4;;;/h6-7H,5H2,1-4H3;3*1H4. The molecule has 0 aromatic carbocycles. The molecule has 0 atom stereocenters. The molecule has 0 rings (SSSR count). The minimum Gasteiger partial charge on any atom is -0.0776 e. The smallest absolute Gasteiger partial charge is 0.0469 e. The van der Waals surface area contributed by atoms with Crippen LogP contribution in [0.4, 0.5) is 0 Å². The molecule has 0 aliphatic carbocycles. The van der Waals surface area contributed by atoms with E-state index in [0.29, 0.717) is 0 Å². The van der Waals surface area contributed by atoms with Crippen LogP contribution in [0, 0.1) is 11.8 Å². The molecule has 0 heteroatoms. The Hall–Kier alpha value is 0. The SMILES string of the molecule is C.C.C.CC(C)CC(C)C. The van der Waals surface area contributed by atoms with Gasteiger partial charge in [-0.05, 0) is 18.3 Å². The number of hydrogen-bond donors (Lipinski definition) is 0. The molecule has 0 radical (unpaired) electrons. The van der Waals surface area contributed by atoms with Gasteiger partial charge in [0.05, 0.1) is 0 Å². The van der Waals surface area contributed by atoms with Crippen LogP contribution >= 0.6 is 0 Å². The van der Waals surface area contributed by atoms with Gasteiger partial charge in [-0.2, -0.15) is 0 Å². The summed E-state index contributed by atoms with van der Waals surface area (Å²) in [5.41, 5.74) is 0. The van der Waals surface area contributed by atoms with E-state index in [-0.39, 0.29) is 22.3 Å². The van der Waals surface area contributed by atoms with Crippen molar-refractivity contribution >= 4 is 0 Å². The van der Waals surface area contributed by atoms with Crippen molar-refractivity contribution in [3.05, 3.63) is 0 Å². The van der Waals surface area contributed by atoms with Gasteiger partial charge in [0.2, 0.25) is 0 Å². The van der Waals surface area contributed by atoms with Gasteiger partial charge in [-0.15, -0.1) is 0 Å². The molecule has 0 amide bonds. The summed E-state index contributed by atoms with van der Waals surface area (Å²) < 4.78 is 0. The highest BCUT2D eigenvalue weighted by Crippen LogP contribution is 2.08. The van der Waals surface area contributed by atoms with E-state index in [9.17, 15) is 0 Å². The second-order valence-corrected chi connectivity index (χ2v) is 3.02. The Morgan fingerprint density at radius 3 is 0.900 bits per heavy atom. The summed E-state index contributed by atoms with van der Waals surface area (Å²) in [5.74, 6) is 1.75. The molecule has 0 aromatic heterocycles. The average Bonchev–Trinajstić information content (AvgIpc) is 1.27. The van der Waals surface area contributed by atoms with Gasteiger partial charge in [0, 0.05) is 0 Å². The van der Waals surface area contributed by atoms with Gasteiger partial charge in [-0.1, -0.05) is 50.0 Å². The molecule has 0 N–H and O–H groups in total. The summed E-state index contributed by atoms with van der Waals surface area (Å²) in [6, 6.07) is 0. The Morgan fingerprint density at radius 2 is 0.900 bits per heavy atom. The van der Waals surface area contributed by atoms with E-state index in [2.05, 4.69) is 27.7 Å². The molecule has 0 unspecified atom stereocenters. The molecule has 0 saturated carbocycles. The zero-order valence-electron chi connectivity index (χ0n) is 5.86. The van der Waals surface area contributed by atoms with Crippen LogP contribution in [0.15, 0.2) is 0 Å². The monoisotopic (exact) mass is 148 g/mol. The van der Waals surface area contributed by atoms with Gasteiger partial charge in [-0.3, -0.25) is 0 Å². The van der Waals surface area contributed by atoms with Crippen LogP contribution in [0.5, 0.6) is 0 Å². The number of rotatable bonds is 2. The molecule has 0 aliphatic rings. The minimum atomic E-state index is 0. The summed E-state index contributed by atoms with van der Waals surface area (Å²) in [5, 5.41) is 0. The maximum Gasteiger partial charge on any atom is -0.0469 e. The lowest BCUT2D eigenvalue weighted by molar-refractivity contribution is 0.469.